The van der Waals surface area contributed by atoms with Crippen LogP contribution in [0.5, 0.6) is 0 Å². The molecule has 1 N–H and O–H groups in total. The zero-order chi connectivity index (χ0) is 13.1. The first kappa shape index (κ1) is 13.0. The minimum atomic E-state index is -0.400. The first-order valence-corrected chi connectivity index (χ1v) is 6.46. The lowest BCUT2D eigenvalue weighted by molar-refractivity contribution is 0.102. The molecule has 0 aliphatic carbocycles. The quantitative estimate of drug-likeness (QED) is 0.811. The van der Waals surface area contributed by atoms with Crippen LogP contribution in [0.3, 0.4) is 0 Å². The third-order valence-electron chi connectivity index (χ3n) is 2.41. The number of amides is 1. The maximum Gasteiger partial charge on any atom is 0.255 e. The molecule has 0 heterocycles. The molecule has 18 heavy (non-hydrogen) atoms. The maximum atomic E-state index is 13.2. The van der Waals surface area contributed by atoms with Crippen molar-refractivity contribution in [2.45, 2.75) is 6.92 Å². The van der Waals surface area contributed by atoms with Crippen LogP contribution in [0.2, 0.25) is 0 Å². The van der Waals surface area contributed by atoms with Gasteiger partial charge in [0.05, 0.1) is 0 Å². The third kappa shape index (κ3) is 3.29. The normalized spacial score (nSPS) is 10.2. The van der Waals surface area contributed by atoms with Gasteiger partial charge in [-0.3, -0.25) is 4.79 Å². The summed E-state index contributed by atoms with van der Waals surface area (Å²) >= 11 is 2.19. The Morgan fingerprint density at radius 2 is 1.83 bits per heavy atom. The highest BCUT2D eigenvalue weighted by molar-refractivity contribution is 14.1. The van der Waals surface area contributed by atoms with Crippen molar-refractivity contribution in [3.63, 3.8) is 0 Å². The molecule has 0 saturated heterocycles. The Kier molecular flexibility index (Phi) is 3.96. The number of carbonyl (C=O) groups is 1. The molecule has 1 amide bonds. The van der Waals surface area contributed by atoms with Crippen molar-refractivity contribution in [1.29, 1.82) is 0 Å². The number of carbonyl (C=O) groups excluding carboxylic acids is 1. The zero-order valence-corrected chi connectivity index (χ0v) is 11.9. The predicted octanol–water partition coefficient (Wildman–Crippen LogP) is 3.99. The second-order valence-electron chi connectivity index (χ2n) is 3.98. The van der Waals surface area contributed by atoms with Crippen molar-refractivity contribution in [1.82, 2.24) is 0 Å². The highest BCUT2D eigenvalue weighted by atomic mass is 127. The van der Waals surface area contributed by atoms with Crippen LogP contribution in [0.25, 0.3) is 0 Å². The lowest BCUT2D eigenvalue weighted by Gasteiger charge is -2.06. The van der Waals surface area contributed by atoms with Gasteiger partial charge in [0.25, 0.3) is 5.91 Å². The monoisotopic (exact) mass is 355 g/mol. The molecular formula is C14H11FINO. The molecule has 0 fully saturated rings. The number of halogens is 2. The first-order chi connectivity index (χ1) is 8.54. The minimum absolute atomic E-state index is 0.307. The second-order valence-corrected chi connectivity index (χ2v) is 5.22. The van der Waals surface area contributed by atoms with Crippen LogP contribution in [0, 0.1) is 16.3 Å². The molecule has 0 bridgehead atoms. The van der Waals surface area contributed by atoms with E-state index in [4.69, 9.17) is 0 Å². The second kappa shape index (κ2) is 5.48. The average molecular weight is 355 g/mol. The fourth-order valence-electron chi connectivity index (χ4n) is 1.60. The van der Waals surface area contributed by atoms with Crippen molar-refractivity contribution in [2.24, 2.45) is 0 Å². The van der Waals surface area contributed by atoms with Crippen molar-refractivity contribution in [3.8, 4) is 0 Å². The molecular weight excluding hydrogens is 344 g/mol. The summed E-state index contributed by atoms with van der Waals surface area (Å²) in [6, 6.07) is 11.7. The number of anilines is 1. The lowest BCUT2D eigenvalue weighted by Crippen LogP contribution is -2.12. The van der Waals surface area contributed by atoms with E-state index in [9.17, 15) is 9.18 Å². The molecule has 92 valence electrons. The molecule has 0 aliphatic rings. The van der Waals surface area contributed by atoms with Crippen LogP contribution in [-0.4, -0.2) is 5.91 Å². The fourth-order valence-corrected chi connectivity index (χ4v) is 1.96. The molecule has 2 rings (SSSR count). The van der Waals surface area contributed by atoms with E-state index in [-0.39, 0.29) is 5.91 Å². The van der Waals surface area contributed by atoms with E-state index in [1.54, 1.807) is 13.0 Å². The molecule has 2 nitrogen and oxygen atoms in total. The van der Waals surface area contributed by atoms with Crippen LogP contribution in [0.1, 0.15) is 15.9 Å². The van der Waals surface area contributed by atoms with Gasteiger partial charge in [0.2, 0.25) is 0 Å². The fraction of sp³-hybridized carbons (Fsp3) is 0.0714. The Balaban J connectivity index is 2.19. The van der Waals surface area contributed by atoms with E-state index < -0.39 is 5.82 Å². The smallest absolute Gasteiger partial charge is 0.255 e. The lowest BCUT2D eigenvalue weighted by atomic mass is 10.1. The Morgan fingerprint density at radius 1 is 1.17 bits per heavy atom. The van der Waals surface area contributed by atoms with Gasteiger partial charge in [-0.05, 0) is 77.5 Å². The number of rotatable bonds is 2. The summed E-state index contributed by atoms with van der Waals surface area (Å²) in [5.74, 6) is -0.707. The molecule has 4 heteroatoms. The van der Waals surface area contributed by atoms with Gasteiger partial charge < -0.3 is 5.32 Å². The van der Waals surface area contributed by atoms with Crippen LogP contribution < -0.4 is 5.32 Å². The maximum absolute atomic E-state index is 13.2. The Hall–Kier alpha value is -1.43. The zero-order valence-electron chi connectivity index (χ0n) is 9.71. The van der Waals surface area contributed by atoms with E-state index >= 15 is 0 Å². The summed E-state index contributed by atoms with van der Waals surface area (Å²) < 4.78 is 14.3. The molecule has 0 aromatic heterocycles. The summed E-state index contributed by atoms with van der Waals surface area (Å²) in [4.78, 5) is 11.9. The minimum Gasteiger partial charge on any atom is -0.322 e. The van der Waals surface area contributed by atoms with Crippen LogP contribution in [0.15, 0.2) is 42.5 Å². The number of benzene rings is 2. The van der Waals surface area contributed by atoms with Gasteiger partial charge in [-0.2, -0.15) is 0 Å². The molecule has 0 unspecified atom stereocenters. The van der Waals surface area contributed by atoms with Gasteiger partial charge in [-0.1, -0.05) is 0 Å². The van der Waals surface area contributed by atoms with Crippen molar-refractivity contribution < 1.29 is 9.18 Å². The van der Waals surface area contributed by atoms with Gasteiger partial charge >= 0.3 is 0 Å². The Bertz CT molecular complexity index is 561. The summed E-state index contributed by atoms with van der Waals surface area (Å²) in [5, 5.41) is 2.73. The van der Waals surface area contributed by atoms with Crippen molar-refractivity contribution in [2.75, 3.05) is 5.32 Å². The van der Waals surface area contributed by atoms with E-state index in [2.05, 4.69) is 27.9 Å². The predicted molar refractivity (Wildman–Crippen MR) is 78.2 cm³/mol. The van der Waals surface area contributed by atoms with Gasteiger partial charge in [0, 0.05) is 14.8 Å². The highest BCUT2D eigenvalue weighted by Crippen LogP contribution is 2.14. The van der Waals surface area contributed by atoms with Crippen LogP contribution in [-0.2, 0) is 0 Å². The Labute approximate surface area is 118 Å². The van der Waals surface area contributed by atoms with Crippen molar-refractivity contribution in [3.05, 3.63) is 63.0 Å². The molecule has 2 aromatic rings. The van der Waals surface area contributed by atoms with Gasteiger partial charge in [0.1, 0.15) is 5.82 Å². The molecule has 0 spiro atoms. The summed E-state index contributed by atoms with van der Waals surface area (Å²) in [5.41, 5.74) is 1.75. The average Bonchev–Trinajstić information content (AvgIpc) is 2.31. The number of hydrogen-bond acceptors (Lipinski definition) is 1. The van der Waals surface area contributed by atoms with Crippen LogP contribution >= 0.6 is 22.6 Å². The molecule has 2 aromatic carbocycles. The van der Waals surface area contributed by atoms with E-state index in [1.165, 1.54) is 12.1 Å². The third-order valence-corrected chi connectivity index (χ3v) is 3.13. The summed E-state index contributed by atoms with van der Waals surface area (Å²) in [6.07, 6.45) is 0. The Morgan fingerprint density at radius 3 is 2.44 bits per heavy atom. The van der Waals surface area contributed by atoms with E-state index in [0.29, 0.717) is 11.3 Å². The molecule has 0 atom stereocenters. The van der Waals surface area contributed by atoms with Gasteiger partial charge in [0.15, 0.2) is 0 Å². The number of hydrogen-bond donors (Lipinski definition) is 1. The molecule has 0 saturated carbocycles. The summed E-state index contributed by atoms with van der Waals surface area (Å²) in [6.45, 7) is 1.75. The van der Waals surface area contributed by atoms with E-state index in [0.717, 1.165) is 9.13 Å². The SMILES string of the molecule is Cc1cc(F)cc(C(=O)Nc2ccc(I)cc2)c1. The molecule has 0 aliphatic heterocycles. The van der Waals surface area contributed by atoms with Crippen molar-refractivity contribution >= 4 is 34.2 Å². The van der Waals surface area contributed by atoms with Crippen LogP contribution in [0.4, 0.5) is 10.1 Å². The molecule has 0 radical (unpaired) electrons. The standard InChI is InChI=1S/C14H11FINO/c1-9-6-10(8-11(15)7-9)14(18)17-13-4-2-12(16)3-5-13/h2-8H,1H3,(H,17,18). The summed E-state index contributed by atoms with van der Waals surface area (Å²) in [7, 11) is 0. The van der Waals surface area contributed by atoms with Gasteiger partial charge in [-0.15, -0.1) is 0 Å². The number of nitrogens with one attached hydrogen (secondary N) is 1. The number of aryl methyl sites for hydroxylation is 1. The topological polar surface area (TPSA) is 29.1 Å². The largest absolute Gasteiger partial charge is 0.322 e. The highest BCUT2D eigenvalue weighted by Gasteiger charge is 2.08. The van der Waals surface area contributed by atoms with E-state index in [1.807, 2.05) is 24.3 Å². The first-order valence-electron chi connectivity index (χ1n) is 5.39. The van der Waals surface area contributed by atoms with Gasteiger partial charge in [-0.25, -0.2) is 4.39 Å².